The van der Waals surface area contributed by atoms with E-state index in [1.54, 1.807) is 0 Å². The van der Waals surface area contributed by atoms with Gasteiger partial charge < -0.3 is 29.0 Å². The number of carbonyl (C=O) groups is 2. The Bertz CT molecular complexity index is 1650. The van der Waals surface area contributed by atoms with Gasteiger partial charge in [0.05, 0.1) is 14.2 Å². The number of amides is 1. The van der Waals surface area contributed by atoms with Crippen LogP contribution in [-0.4, -0.2) is 63.0 Å². The number of alkyl halides is 12. The maximum atomic E-state index is 13.7. The molecule has 0 aliphatic rings. The highest BCUT2D eigenvalue weighted by Gasteiger charge is 2.60. The first-order valence-corrected chi connectivity index (χ1v) is 14.0. The highest BCUT2D eigenvalue weighted by Crippen LogP contribution is 2.41. The van der Waals surface area contributed by atoms with Crippen LogP contribution in [0.4, 0.5) is 58.4 Å². The van der Waals surface area contributed by atoms with E-state index in [9.17, 15) is 62.3 Å². The van der Waals surface area contributed by atoms with Gasteiger partial charge in [-0.15, -0.1) is 0 Å². The quantitative estimate of drug-likeness (QED) is 0.0761. The fourth-order valence-corrected chi connectivity index (χ4v) is 3.80. The van der Waals surface area contributed by atoms with E-state index in [1.807, 2.05) is 0 Å². The first-order chi connectivity index (χ1) is 24.1. The normalized spacial score (nSPS) is 13.8. The van der Waals surface area contributed by atoms with Crippen LogP contribution in [0.1, 0.15) is 11.1 Å². The highest BCUT2D eigenvalue weighted by molar-refractivity contribution is 6.02. The van der Waals surface area contributed by atoms with Crippen molar-refractivity contribution in [1.29, 1.82) is 0 Å². The molecule has 0 bridgehead atoms. The molecule has 0 aliphatic heterocycles. The molecule has 0 saturated carbocycles. The largest absolute Gasteiger partial charge is 0.493 e. The number of hydrogen-bond donors (Lipinski definition) is 1. The molecule has 2 atom stereocenters. The fourth-order valence-electron chi connectivity index (χ4n) is 3.80. The summed E-state index contributed by atoms with van der Waals surface area (Å²) < 4.78 is 178. The number of methoxy groups -OCH3 is 2. The molecule has 0 spiro atoms. The van der Waals surface area contributed by atoms with E-state index in [1.165, 1.54) is 30.3 Å². The lowest BCUT2D eigenvalue weighted by atomic mass is 10.2. The van der Waals surface area contributed by atoms with Crippen LogP contribution < -0.4 is 29.0 Å². The number of nitrogens with one attached hydrogen (secondary N) is 1. The maximum absolute atomic E-state index is 13.7. The van der Waals surface area contributed by atoms with E-state index in [4.69, 9.17) is 14.2 Å². The molecule has 1 amide bonds. The standard InChI is InChI=1S/C32H23F12NO7/c1-48-23-15-17(3-11-21(23)51-31(41,42)27(33)29(35,36)37)5-13-25(46)45-19-7-9-20(10-8-19)50-26(47)14-6-18-4-12-22(24(16-18)49-2)52-32(43,44)28(34)30(38,39)40/h3-16,27-28H,1-2H3,(H,45,46)/b13-5+,14-6+/t27-,28-/m0/s1. The Labute approximate surface area is 285 Å². The van der Waals surface area contributed by atoms with Crippen molar-refractivity contribution in [1.82, 2.24) is 0 Å². The summed E-state index contributed by atoms with van der Waals surface area (Å²) in [5, 5.41) is 2.45. The van der Waals surface area contributed by atoms with Gasteiger partial charge in [0.15, 0.2) is 23.0 Å². The zero-order valence-corrected chi connectivity index (χ0v) is 26.1. The Morgan fingerprint density at radius 2 is 1.04 bits per heavy atom. The third-order valence-electron chi connectivity index (χ3n) is 6.21. The van der Waals surface area contributed by atoms with Crippen LogP contribution in [0.2, 0.25) is 0 Å². The minimum Gasteiger partial charge on any atom is -0.493 e. The molecule has 0 saturated heterocycles. The zero-order valence-electron chi connectivity index (χ0n) is 26.1. The van der Waals surface area contributed by atoms with E-state index in [-0.39, 0.29) is 22.6 Å². The lowest BCUT2D eigenvalue weighted by molar-refractivity contribution is -0.306. The maximum Gasteiger partial charge on any atom is 0.439 e. The molecule has 52 heavy (non-hydrogen) atoms. The second-order valence-electron chi connectivity index (χ2n) is 10.1. The van der Waals surface area contributed by atoms with Crippen molar-refractivity contribution in [3.8, 4) is 28.7 Å². The molecule has 0 unspecified atom stereocenters. The molecule has 0 radical (unpaired) electrons. The highest BCUT2D eigenvalue weighted by atomic mass is 19.4. The van der Waals surface area contributed by atoms with Crippen LogP contribution in [0, 0.1) is 0 Å². The molecule has 0 aromatic heterocycles. The molecule has 0 aliphatic carbocycles. The number of halogens is 12. The predicted molar refractivity (Wildman–Crippen MR) is 158 cm³/mol. The van der Waals surface area contributed by atoms with E-state index in [0.29, 0.717) is 0 Å². The van der Waals surface area contributed by atoms with E-state index in [2.05, 4.69) is 14.8 Å². The molecule has 282 valence electrons. The predicted octanol–water partition coefficient (Wildman–Crippen LogP) is 8.72. The summed E-state index contributed by atoms with van der Waals surface area (Å²) in [5.74, 6) is -4.50. The minimum absolute atomic E-state index is 0.00788. The van der Waals surface area contributed by atoms with Gasteiger partial charge in [0.2, 0.25) is 5.91 Å². The lowest BCUT2D eigenvalue weighted by Gasteiger charge is -2.24. The number of esters is 1. The summed E-state index contributed by atoms with van der Waals surface area (Å²) in [6, 6.07) is 10.9. The molecule has 8 nitrogen and oxygen atoms in total. The van der Waals surface area contributed by atoms with Crippen LogP contribution in [-0.2, 0) is 9.59 Å². The second kappa shape index (κ2) is 16.2. The minimum atomic E-state index is -5.90. The summed E-state index contributed by atoms with van der Waals surface area (Å²) in [6.45, 7) is 0. The Hall–Kier alpha value is -5.56. The summed E-state index contributed by atoms with van der Waals surface area (Å²) in [5.41, 5.74) is 0.461. The Balaban J connectivity index is 1.58. The van der Waals surface area contributed by atoms with Gasteiger partial charge in [0.25, 0.3) is 12.3 Å². The van der Waals surface area contributed by atoms with Crippen LogP contribution in [0.5, 0.6) is 28.7 Å². The fraction of sp³-hybridized carbons (Fsp3) is 0.250. The van der Waals surface area contributed by atoms with Gasteiger partial charge >= 0.3 is 30.5 Å². The first kappa shape index (κ1) is 40.9. The van der Waals surface area contributed by atoms with Gasteiger partial charge in [0.1, 0.15) is 5.75 Å². The lowest BCUT2D eigenvalue weighted by Crippen LogP contribution is -2.45. The van der Waals surface area contributed by atoms with Gasteiger partial charge in [-0.05, 0) is 71.8 Å². The van der Waals surface area contributed by atoms with Gasteiger partial charge in [-0.1, -0.05) is 12.1 Å². The molecule has 20 heteroatoms. The topological polar surface area (TPSA) is 92.3 Å². The molecule has 0 fully saturated rings. The van der Waals surface area contributed by atoms with E-state index in [0.717, 1.165) is 68.8 Å². The van der Waals surface area contributed by atoms with Crippen LogP contribution in [0.15, 0.2) is 72.8 Å². The van der Waals surface area contributed by atoms with Gasteiger partial charge in [0, 0.05) is 17.8 Å². The Morgan fingerprint density at radius 3 is 1.44 bits per heavy atom. The first-order valence-electron chi connectivity index (χ1n) is 14.0. The molecule has 3 aromatic carbocycles. The van der Waals surface area contributed by atoms with Crippen LogP contribution >= 0.6 is 0 Å². The van der Waals surface area contributed by atoms with Crippen molar-refractivity contribution < 1.29 is 86.0 Å². The number of hydrogen-bond acceptors (Lipinski definition) is 7. The van der Waals surface area contributed by atoms with Crippen LogP contribution in [0.25, 0.3) is 12.2 Å². The Morgan fingerprint density at radius 1 is 0.615 bits per heavy atom. The SMILES string of the molecule is COc1cc(/C=C/C(=O)Nc2ccc(OC(=O)/C=C/c3ccc(OC(F)(F)[C@@H](F)C(F)(F)F)c(OC)c3)cc2)ccc1OC(F)(F)[C@@H](F)C(F)(F)F. The zero-order chi connectivity index (χ0) is 39.1. The van der Waals surface area contributed by atoms with Crippen LogP contribution in [0.3, 0.4) is 0 Å². The van der Waals surface area contributed by atoms with Crippen molar-refractivity contribution >= 4 is 29.7 Å². The number of rotatable bonds is 14. The number of benzene rings is 3. The summed E-state index contributed by atoms with van der Waals surface area (Å²) in [7, 11) is 1.96. The molecular formula is C32H23F12NO7. The second-order valence-corrected chi connectivity index (χ2v) is 10.1. The average Bonchev–Trinajstić information content (AvgIpc) is 3.06. The molecular weight excluding hydrogens is 738 g/mol. The van der Waals surface area contributed by atoms with Crippen molar-refractivity contribution in [3.63, 3.8) is 0 Å². The summed E-state index contributed by atoms with van der Waals surface area (Å²) in [6.07, 6.45) is -27.4. The van der Waals surface area contributed by atoms with E-state index >= 15 is 0 Å². The smallest absolute Gasteiger partial charge is 0.439 e. The average molecular weight is 762 g/mol. The Kier molecular flexibility index (Phi) is 12.7. The number of carbonyl (C=O) groups excluding carboxylic acids is 2. The van der Waals surface area contributed by atoms with Gasteiger partial charge in [-0.2, -0.15) is 43.9 Å². The summed E-state index contributed by atoms with van der Waals surface area (Å²) in [4.78, 5) is 24.6. The number of anilines is 1. The van der Waals surface area contributed by atoms with E-state index < -0.39 is 71.8 Å². The third-order valence-corrected chi connectivity index (χ3v) is 6.21. The molecule has 3 aromatic rings. The van der Waals surface area contributed by atoms with Crippen molar-refractivity contribution in [2.24, 2.45) is 0 Å². The van der Waals surface area contributed by atoms with Gasteiger partial charge in [-0.25, -0.2) is 13.6 Å². The monoisotopic (exact) mass is 761 g/mol. The summed E-state index contributed by atoms with van der Waals surface area (Å²) >= 11 is 0. The molecule has 3 rings (SSSR count). The van der Waals surface area contributed by atoms with Crippen molar-refractivity contribution in [2.75, 3.05) is 19.5 Å². The molecule has 1 N–H and O–H groups in total. The molecule has 0 heterocycles. The van der Waals surface area contributed by atoms with Crippen molar-refractivity contribution in [3.05, 3.63) is 83.9 Å². The van der Waals surface area contributed by atoms with Gasteiger partial charge in [-0.3, -0.25) is 4.79 Å². The third kappa shape index (κ3) is 11.2. The van der Waals surface area contributed by atoms with Crippen molar-refractivity contribution in [2.45, 2.75) is 36.9 Å². The number of ether oxygens (including phenoxy) is 5.